The Hall–Kier alpha value is -3.39. The van der Waals surface area contributed by atoms with Crippen molar-refractivity contribution < 1.29 is 8.98 Å². The van der Waals surface area contributed by atoms with E-state index >= 15 is 0 Å². The van der Waals surface area contributed by atoms with Gasteiger partial charge in [0.25, 0.3) is 0 Å². The van der Waals surface area contributed by atoms with Crippen LogP contribution in [-0.4, -0.2) is 0 Å². The highest BCUT2D eigenvalue weighted by atomic mass is 16.3. The van der Waals surface area contributed by atoms with E-state index in [0.29, 0.717) is 11.8 Å². The molecule has 0 spiro atoms. The van der Waals surface area contributed by atoms with Gasteiger partial charge < -0.3 is 4.42 Å². The van der Waals surface area contributed by atoms with Crippen molar-refractivity contribution in [3.63, 3.8) is 0 Å². The van der Waals surface area contributed by atoms with E-state index in [-0.39, 0.29) is 5.41 Å². The second kappa shape index (κ2) is 8.58. The Morgan fingerprint density at radius 3 is 2.24 bits per heavy atom. The molecule has 2 aromatic heterocycles. The maximum atomic E-state index is 6.82. The van der Waals surface area contributed by atoms with E-state index in [1.807, 2.05) is 0 Å². The van der Waals surface area contributed by atoms with E-state index in [1.165, 1.54) is 55.4 Å². The van der Waals surface area contributed by atoms with Crippen molar-refractivity contribution in [2.75, 3.05) is 0 Å². The van der Waals surface area contributed by atoms with Crippen LogP contribution in [-0.2, 0) is 12.5 Å². The van der Waals surface area contributed by atoms with Crippen LogP contribution in [0.4, 0.5) is 0 Å². The molecule has 1 aliphatic carbocycles. The molecule has 0 aliphatic heterocycles. The smallest absolute Gasteiger partial charge is 0.216 e. The number of rotatable bonds is 5. The summed E-state index contributed by atoms with van der Waals surface area (Å²) in [5.74, 6) is 1.16. The molecule has 2 heterocycles. The second-order valence-corrected chi connectivity index (χ2v) is 12.1. The molecule has 3 aromatic carbocycles. The molecular formula is C35H38NO+. The van der Waals surface area contributed by atoms with Crippen molar-refractivity contribution >= 4 is 21.9 Å². The van der Waals surface area contributed by atoms with Gasteiger partial charge in [0.2, 0.25) is 5.69 Å². The van der Waals surface area contributed by atoms with E-state index in [9.17, 15) is 0 Å². The molecule has 0 radical (unpaired) electrons. The van der Waals surface area contributed by atoms with E-state index in [1.54, 1.807) is 0 Å². The minimum Gasteiger partial charge on any atom is -0.455 e. The van der Waals surface area contributed by atoms with Gasteiger partial charge >= 0.3 is 0 Å². The van der Waals surface area contributed by atoms with Crippen molar-refractivity contribution in [2.45, 2.75) is 59.8 Å². The van der Waals surface area contributed by atoms with Gasteiger partial charge in [0.1, 0.15) is 18.2 Å². The van der Waals surface area contributed by atoms with Crippen LogP contribution in [0.2, 0.25) is 0 Å². The van der Waals surface area contributed by atoms with E-state index in [4.69, 9.17) is 4.42 Å². The summed E-state index contributed by atoms with van der Waals surface area (Å²) in [5.41, 5.74) is 12.6. The van der Waals surface area contributed by atoms with Gasteiger partial charge in [-0.05, 0) is 78.5 Å². The van der Waals surface area contributed by atoms with Gasteiger partial charge in [0.15, 0.2) is 6.20 Å². The van der Waals surface area contributed by atoms with Crippen molar-refractivity contribution in [3.8, 4) is 22.4 Å². The quantitative estimate of drug-likeness (QED) is 0.226. The van der Waals surface area contributed by atoms with Gasteiger partial charge in [-0.15, -0.1) is 0 Å². The summed E-state index contributed by atoms with van der Waals surface area (Å²) in [6, 6.07) is 22.7. The number of nitrogens with zero attached hydrogens (tertiary/aromatic N) is 1. The van der Waals surface area contributed by atoms with Gasteiger partial charge in [0.05, 0.1) is 5.56 Å². The average molecular weight is 489 g/mol. The van der Waals surface area contributed by atoms with Gasteiger partial charge in [-0.25, -0.2) is 4.57 Å². The fourth-order valence-corrected chi connectivity index (χ4v) is 7.25. The third-order valence-electron chi connectivity index (χ3n) is 8.28. The molecule has 0 amide bonds. The topological polar surface area (TPSA) is 17.0 Å². The molecule has 0 atom stereocenters. The molecule has 0 bridgehead atoms. The molecule has 2 heteroatoms. The van der Waals surface area contributed by atoms with E-state index in [0.717, 1.165) is 24.0 Å². The molecule has 5 aromatic rings. The Labute approximate surface area is 221 Å². The first kappa shape index (κ1) is 24.0. The van der Waals surface area contributed by atoms with Crippen LogP contribution in [0, 0.1) is 25.7 Å². The first-order valence-corrected chi connectivity index (χ1v) is 13.8. The van der Waals surface area contributed by atoms with Crippen LogP contribution in [0.15, 0.2) is 71.3 Å². The monoisotopic (exact) mass is 488 g/mol. The molecule has 6 rings (SSSR count). The molecule has 0 N–H and O–H groups in total. The molecule has 0 unspecified atom stereocenters. The normalized spacial score (nSPS) is 14.2. The van der Waals surface area contributed by atoms with Crippen molar-refractivity contribution in [3.05, 3.63) is 89.1 Å². The molecule has 188 valence electrons. The molecule has 0 saturated heterocycles. The summed E-state index contributed by atoms with van der Waals surface area (Å²) in [7, 11) is 2.13. The molecule has 2 nitrogen and oxygen atoms in total. The summed E-state index contributed by atoms with van der Waals surface area (Å²) < 4.78 is 9.05. The number of aryl methyl sites for hydroxylation is 3. The Balaban J connectivity index is 1.75. The summed E-state index contributed by atoms with van der Waals surface area (Å²) in [5, 5.41) is 2.54. The van der Waals surface area contributed by atoms with Gasteiger partial charge in [0, 0.05) is 27.8 Å². The largest absolute Gasteiger partial charge is 0.455 e. The summed E-state index contributed by atoms with van der Waals surface area (Å²) in [4.78, 5) is 0. The Bertz CT molecular complexity index is 1660. The Morgan fingerprint density at radius 1 is 0.811 bits per heavy atom. The third-order valence-corrected chi connectivity index (χ3v) is 8.28. The zero-order chi connectivity index (χ0) is 26.1. The van der Waals surface area contributed by atoms with E-state index in [2.05, 4.69) is 120 Å². The maximum absolute atomic E-state index is 6.82. The highest BCUT2D eigenvalue weighted by molar-refractivity contribution is 6.14. The van der Waals surface area contributed by atoms with Crippen LogP contribution >= 0.6 is 0 Å². The molecular weight excluding hydrogens is 450 g/mol. The average Bonchev–Trinajstić information content (AvgIpc) is 3.33. The number of furan rings is 1. The highest BCUT2D eigenvalue weighted by Crippen LogP contribution is 2.58. The number of fused-ring (bicyclic) bond motifs is 7. The fraction of sp³-hybridized carbons (Fsp3) is 0.343. The van der Waals surface area contributed by atoms with Gasteiger partial charge in [-0.3, -0.25) is 0 Å². The van der Waals surface area contributed by atoms with Crippen molar-refractivity contribution in [2.24, 2.45) is 18.9 Å². The van der Waals surface area contributed by atoms with E-state index < -0.39 is 0 Å². The number of benzene rings is 3. The standard InChI is InChI=1S/C35H38NO/c1-21(2)18-35(19-22(3)4)28-11-9-8-10-25(28)26-15-17-30-32(33(26)35)27-14-13-24(6)31(34(27)37-30)29-16-12-23(5)20-36(29)7/h8-17,20-22H,18-19H2,1-7H3/q+1. The van der Waals surface area contributed by atoms with Gasteiger partial charge in [-0.1, -0.05) is 70.2 Å². The Morgan fingerprint density at radius 2 is 1.54 bits per heavy atom. The van der Waals surface area contributed by atoms with Crippen LogP contribution in [0.3, 0.4) is 0 Å². The lowest BCUT2D eigenvalue weighted by molar-refractivity contribution is -0.660. The minimum atomic E-state index is -0.0237. The van der Waals surface area contributed by atoms with Crippen LogP contribution < -0.4 is 4.57 Å². The highest BCUT2D eigenvalue weighted by Gasteiger charge is 2.45. The third kappa shape index (κ3) is 3.56. The zero-order valence-corrected chi connectivity index (χ0v) is 23.3. The van der Waals surface area contributed by atoms with Crippen LogP contribution in [0.25, 0.3) is 44.3 Å². The number of hydrogen-bond acceptors (Lipinski definition) is 1. The summed E-state index contributed by atoms with van der Waals surface area (Å²) >= 11 is 0. The summed E-state index contributed by atoms with van der Waals surface area (Å²) in [6.07, 6.45) is 4.46. The Kier molecular flexibility index (Phi) is 5.56. The molecule has 0 fully saturated rings. The fourth-order valence-electron chi connectivity index (χ4n) is 7.25. The lowest BCUT2D eigenvalue weighted by atomic mass is 9.67. The summed E-state index contributed by atoms with van der Waals surface area (Å²) in [6.45, 7) is 13.8. The minimum absolute atomic E-state index is 0.0237. The number of aromatic nitrogens is 1. The maximum Gasteiger partial charge on any atom is 0.216 e. The van der Waals surface area contributed by atoms with Crippen molar-refractivity contribution in [1.29, 1.82) is 0 Å². The first-order chi connectivity index (χ1) is 17.7. The number of pyridine rings is 1. The predicted octanol–water partition coefficient (Wildman–Crippen LogP) is 9.05. The van der Waals surface area contributed by atoms with Gasteiger partial charge in [-0.2, -0.15) is 0 Å². The lowest BCUT2D eigenvalue weighted by Gasteiger charge is -2.36. The molecule has 0 saturated carbocycles. The molecule has 37 heavy (non-hydrogen) atoms. The predicted molar refractivity (Wildman–Crippen MR) is 155 cm³/mol. The van der Waals surface area contributed by atoms with Crippen LogP contribution in [0.5, 0.6) is 0 Å². The van der Waals surface area contributed by atoms with Crippen LogP contribution in [0.1, 0.15) is 62.8 Å². The lowest BCUT2D eigenvalue weighted by Crippen LogP contribution is -2.31. The molecule has 1 aliphatic rings. The SMILES string of the molecule is Cc1ccc(-c2c(C)ccc3c2oc2ccc4c(c23)C(CC(C)C)(CC(C)C)c2ccccc2-4)[n+](C)c1. The van der Waals surface area contributed by atoms with Crippen molar-refractivity contribution in [1.82, 2.24) is 0 Å². The zero-order valence-electron chi connectivity index (χ0n) is 23.3. The number of hydrogen-bond donors (Lipinski definition) is 0. The second-order valence-electron chi connectivity index (χ2n) is 12.1. The first-order valence-electron chi connectivity index (χ1n) is 13.8.